The highest BCUT2D eigenvalue weighted by Crippen LogP contribution is 2.44. The smallest absolute Gasteiger partial charge is 0.240 e. The molecule has 2 heterocycles. The van der Waals surface area contributed by atoms with Crippen molar-refractivity contribution in [2.45, 2.75) is 56.4 Å². The van der Waals surface area contributed by atoms with E-state index in [4.69, 9.17) is 4.42 Å². The monoisotopic (exact) mass is 402 g/mol. The summed E-state index contributed by atoms with van der Waals surface area (Å²) in [4.78, 5) is 14.7. The first-order valence-corrected chi connectivity index (χ1v) is 11.2. The van der Waals surface area contributed by atoms with E-state index in [0.717, 1.165) is 29.9 Å². The maximum Gasteiger partial charge on any atom is 0.240 e. The minimum atomic E-state index is -3.67. The van der Waals surface area contributed by atoms with E-state index in [0.29, 0.717) is 13.0 Å². The lowest BCUT2D eigenvalue weighted by molar-refractivity contribution is -0.119. The van der Waals surface area contributed by atoms with Gasteiger partial charge in [0, 0.05) is 36.0 Å². The van der Waals surface area contributed by atoms with Gasteiger partial charge in [0.1, 0.15) is 5.76 Å². The molecule has 0 radical (unpaired) electrons. The molecule has 0 unspecified atom stereocenters. The van der Waals surface area contributed by atoms with Gasteiger partial charge in [-0.3, -0.25) is 4.79 Å². The van der Waals surface area contributed by atoms with Gasteiger partial charge >= 0.3 is 0 Å². The molecule has 1 aliphatic heterocycles. The van der Waals surface area contributed by atoms with Crippen LogP contribution in [0.1, 0.15) is 44.9 Å². The minimum Gasteiger partial charge on any atom is -0.469 e. The van der Waals surface area contributed by atoms with Crippen LogP contribution in [0.3, 0.4) is 0 Å². The first-order chi connectivity index (χ1) is 13.2. The summed E-state index contributed by atoms with van der Waals surface area (Å²) in [5, 5.41) is 0. The van der Waals surface area contributed by atoms with Crippen LogP contribution in [0.2, 0.25) is 0 Å². The molecule has 150 valence electrons. The fourth-order valence-corrected chi connectivity index (χ4v) is 5.15. The lowest BCUT2D eigenvalue weighted by Crippen LogP contribution is -2.34. The Hall–Kier alpha value is -2.12. The molecule has 1 N–H and O–H groups in total. The molecule has 1 aromatic heterocycles. The Kier molecular flexibility index (Phi) is 4.62. The average molecular weight is 403 g/mol. The number of amides is 1. The fraction of sp³-hybridized carbons (Fsp3) is 0.476. The number of rotatable bonds is 6. The van der Waals surface area contributed by atoms with E-state index < -0.39 is 10.0 Å². The van der Waals surface area contributed by atoms with Crippen molar-refractivity contribution < 1.29 is 17.6 Å². The number of nitrogens with one attached hydrogen (secondary N) is 1. The molecule has 0 saturated heterocycles. The van der Waals surface area contributed by atoms with Crippen LogP contribution in [0.25, 0.3) is 0 Å². The molecule has 1 fully saturated rings. The summed E-state index contributed by atoms with van der Waals surface area (Å²) in [6, 6.07) is 8.40. The zero-order valence-corrected chi connectivity index (χ0v) is 17.3. The predicted molar refractivity (Wildman–Crippen MR) is 107 cm³/mol. The Bertz CT molecular complexity index is 991. The highest BCUT2D eigenvalue weighted by molar-refractivity contribution is 7.89. The SMILES string of the molecule is C[C@H](Cc1ccco1)NS(=O)(=O)c1ccc2c(c1)C(C)(C)CN2C(=O)C1CC1. The van der Waals surface area contributed by atoms with Gasteiger partial charge < -0.3 is 9.32 Å². The molecule has 2 aliphatic rings. The van der Waals surface area contributed by atoms with Crippen molar-refractivity contribution in [3.8, 4) is 0 Å². The summed E-state index contributed by atoms with van der Waals surface area (Å²) >= 11 is 0. The Morgan fingerprint density at radius 2 is 2.07 bits per heavy atom. The van der Waals surface area contributed by atoms with Gasteiger partial charge in [0.2, 0.25) is 15.9 Å². The van der Waals surface area contributed by atoms with Gasteiger partial charge in [0.05, 0.1) is 11.2 Å². The van der Waals surface area contributed by atoms with Crippen molar-refractivity contribution in [2.75, 3.05) is 11.4 Å². The van der Waals surface area contributed by atoms with Crippen LogP contribution in [0.5, 0.6) is 0 Å². The third-order valence-corrected chi connectivity index (χ3v) is 7.08. The van der Waals surface area contributed by atoms with Crippen LogP contribution in [0.4, 0.5) is 5.69 Å². The molecule has 2 aromatic rings. The van der Waals surface area contributed by atoms with Gasteiger partial charge in [-0.1, -0.05) is 13.8 Å². The van der Waals surface area contributed by atoms with Crippen molar-refractivity contribution >= 4 is 21.6 Å². The molecule has 7 heteroatoms. The van der Waals surface area contributed by atoms with Crippen molar-refractivity contribution in [2.24, 2.45) is 5.92 Å². The molecule has 1 saturated carbocycles. The molecule has 6 nitrogen and oxygen atoms in total. The largest absolute Gasteiger partial charge is 0.469 e. The molecule has 0 bridgehead atoms. The zero-order valence-electron chi connectivity index (χ0n) is 16.4. The second kappa shape index (κ2) is 6.74. The van der Waals surface area contributed by atoms with Gasteiger partial charge in [0.15, 0.2) is 0 Å². The maximum absolute atomic E-state index is 12.9. The molecule has 1 aliphatic carbocycles. The van der Waals surface area contributed by atoms with Gasteiger partial charge in [-0.25, -0.2) is 13.1 Å². The number of hydrogen-bond acceptors (Lipinski definition) is 4. The standard InChI is InChI=1S/C21H26N2O4S/c1-14(11-16-5-4-10-27-16)22-28(25,26)17-8-9-19-18(12-17)21(2,3)13-23(19)20(24)15-6-7-15/h4-5,8-10,12,14-15,22H,6-7,11,13H2,1-3H3/t14-/m1/s1. The molecular weight excluding hydrogens is 376 g/mol. The van der Waals surface area contributed by atoms with E-state index >= 15 is 0 Å². The molecule has 1 amide bonds. The van der Waals surface area contributed by atoms with Crippen LogP contribution >= 0.6 is 0 Å². The van der Waals surface area contributed by atoms with Gasteiger partial charge in [0.25, 0.3) is 0 Å². The van der Waals surface area contributed by atoms with E-state index in [-0.39, 0.29) is 28.2 Å². The minimum absolute atomic E-state index is 0.134. The summed E-state index contributed by atoms with van der Waals surface area (Å²) in [7, 11) is -3.67. The van der Waals surface area contributed by atoms with E-state index in [1.807, 2.05) is 17.9 Å². The quantitative estimate of drug-likeness (QED) is 0.805. The lowest BCUT2D eigenvalue weighted by atomic mass is 9.87. The summed E-state index contributed by atoms with van der Waals surface area (Å²) < 4.78 is 33.8. The maximum atomic E-state index is 12.9. The number of furan rings is 1. The van der Waals surface area contributed by atoms with Crippen molar-refractivity contribution in [1.29, 1.82) is 0 Å². The van der Waals surface area contributed by atoms with Crippen molar-refractivity contribution in [1.82, 2.24) is 4.72 Å². The van der Waals surface area contributed by atoms with Gasteiger partial charge in [-0.2, -0.15) is 0 Å². The summed E-state index contributed by atoms with van der Waals surface area (Å²) in [6.07, 6.45) is 3.96. The van der Waals surface area contributed by atoms with Crippen LogP contribution < -0.4 is 9.62 Å². The summed E-state index contributed by atoms with van der Waals surface area (Å²) in [6.45, 7) is 6.50. The van der Waals surface area contributed by atoms with Crippen LogP contribution in [-0.4, -0.2) is 26.9 Å². The van der Waals surface area contributed by atoms with Gasteiger partial charge in [-0.05, 0) is 55.7 Å². The first-order valence-electron chi connectivity index (χ1n) is 9.68. The van der Waals surface area contributed by atoms with Crippen molar-refractivity contribution in [3.63, 3.8) is 0 Å². The van der Waals surface area contributed by atoms with E-state index in [2.05, 4.69) is 18.6 Å². The van der Waals surface area contributed by atoms with Crippen LogP contribution in [0.15, 0.2) is 45.9 Å². The number of benzene rings is 1. The topological polar surface area (TPSA) is 79.6 Å². The third-order valence-electron chi connectivity index (χ3n) is 5.49. The molecule has 4 rings (SSSR count). The van der Waals surface area contributed by atoms with E-state index in [9.17, 15) is 13.2 Å². The number of nitrogens with zero attached hydrogens (tertiary/aromatic N) is 1. The van der Waals surface area contributed by atoms with E-state index in [1.165, 1.54) is 0 Å². The molecule has 1 atom stereocenters. The van der Waals surface area contributed by atoms with Gasteiger partial charge in [-0.15, -0.1) is 0 Å². The summed E-state index contributed by atoms with van der Waals surface area (Å²) in [5.74, 6) is 1.03. The third kappa shape index (κ3) is 3.61. The average Bonchev–Trinajstić information content (AvgIpc) is 3.29. The van der Waals surface area contributed by atoms with Crippen LogP contribution in [0, 0.1) is 5.92 Å². The summed E-state index contributed by atoms with van der Waals surface area (Å²) in [5.41, 5.74) is 1.46. The Morgan fingerprint density at radius 3 is 2.71 bits per heavy atom. The number of carbonyl (C=O) groups is 1. The lowest BCUT2D eigenvalue weighted by Gasteiger charge is -2.20. The molecular formula is C21H26N2O4S. The first kappa shape index (κ1) is 19.2. The number of carbonyl (C=O) groups excluding carboxylic acids is 1. The molecule has 28 heavy (non-hydrogen) atoms. The number of fused-ring (bicyclic) bond motifs is 1. The number of anilines is 1. The van der Waals surface area contributed by atoms with E-state index in [1.54, 1.807) is 30.5 Å². The second-order valence-electron chi connectivity index (χ2n) is 8.57. The number of hydrogen-bond donors (Lipinski definition) is 1. The Balaban J connectivity index is 1.58. The molecule has 0 spiro atoms. The zero-order chi connectivity index (χ0) is 20.1. The predicted octanol–water partition coefficient (Wildman–Crippen LogP) is 3.22. The second-order valence-corrected chi connectivity index (χ2v) is 10.3. The van der Waals surface area contributed by atoms with Crippen molar-refractivity contribution in [3.05, 3.63) is 47.9 Å². The highest BCUT2D eigenvalue weighted by Gasteiger charge is 2.43. The Labute approximate surface area is 166 Å². The Morgan fingerprint density at radius 1 is 1.32 bits per heavy atom. The fourth-order valence-electron chi connectivity index (χ4n) is 3.88. The van der Waals surface area contributed by atoms with Crippen LogP contribution in [-0.2, 0) is 26.7 Å². The number of sulfonamides is 1. The highest BCUT2D eigenvalue weighted by atomic mass is 32.2. The molecule has 1 aromatic carbocycles. The normalized spacial score (nSPS) is 19.5.